The third-order valence-electron chi connectivity index (χ3n) is 1.52. The van der Waals surface area contributed by atoms with E-state index in [1.807, 2.05) is 6.08 Å². The Bertz CT molecular complexity index is 259. The molecule has 0 bridgehead atoms. The first-order chi connectivity index (χ1) is 4.38. The van der Waals surface area contributed by atoms with Gasteiger partial charge in [-0.05, 0) is 0 Å². The first-order valence-corrected chi connectivity index (χ1v) is 2.86. The molecule has 0 aromatic carbocycles. The van der Waals surface area contributed by atoms with Crippen LogP contribution < -0.4 is 5.73 Å². The van der Waals surface area contributed by atoms with Gasteiger partial charge in [-0.3, -0.25) is 0 Å². The lowest BCUT2D eigenvalue weighted by Gasteiger charge is -1.86. The van der Waals surface area contributed by atoms with Gasteiger partial charge >= 0.3 is 0 Å². The second-order valence-electron chi connectivity index (χ2n) is 2.09. The molecule has 0 atom stereocenters. The maximum atomic E-state index is 5.57. The standard InChI is InChI=1S/C6H7N3/c7-4-1-2-5-6(4)9-3-8-5/h1,3H,2,7H2,(H,8,9). The van der Waals surface area contributed by atoms with Crippen LogP contribution in [0.1, 0.15) is 11.4 Å². The number of hydrogen-bond acceptors (Lipinski definition) is 2. The molecule has 1 aliphatic carbocycles. The zero-order valence-corrected chi connectivity index (χ0v) is 4.89. The number of nitrogens with one attached hydrogen (secondary N) is 1. The van der Waals surface area contributed by atoms with Gasteiger partial charge in [0.2, 0.25) is 0 Å². The summed E-state index contributed by atoms with van der Waals surface area (Å²) in [5.41, 5.74) is 8.42. The molecule has 0 saturated heterocycles. The lowest BCUT2D eigenvalue weighted by molar-refractivity contribution is 1.17. The fourth-order valence-corrected chi connectivity index (χ4v) is 1.03. The Balaban J connectivity index is 2.62. The highest BCUT2D eigenvalue weighted by Crippen LogP contribution is 2.18. The van der Waals surface area contributed by atoms with Crippen LogP contribution in [-0.4, -0.2) is 9.97 Å². The van der Waals surface area contributed by atoms with E-state index >= 15 is 0 Å². The number of imidazole rings is 1. The highest BCUT2D eigenvalue weighted by Gasteiger charge is 2.12. The van der Waals surface area contributed by atoms with Gasteiger partial charge < -0.3 is 10.7 Å². The fourth-order valence-electron chi connectivity index (χ4n) is 1.03. The summed E-state index contributed by atoms with van der Waals surface area (Å²) in [5, 5.41) is 0. The zero-order valence-electron chi connectivity index (χ0n) is 4.89. The predicted octanol–water partition coefficient (Wildman–Crippen LogP) is 0.265. The Morgan fingerprint density at radius 3 is 3.33 bits per heavy atom. The third kappa shape index (κ3) is 0.483. The molecule has 3 N–H and O–H groups in total. The smallest absolute Gasteiger partial charge is 0.107 e. The molecule has 1 heterocycles. The largest absolute Gasteiger partial charge is 0.397 e. The highest BCUT2D eigenvalue weighted by atomic mass is 14.9. The normalized spacial score (nSPS) is 15.3. The van der Waals surface area contributed by atoms with Crippen LogP contribution >= 0.6 is 0 Å². The molecule has 0 saturated carbocycles. The SMILES string of the molecule is NC1=CCc2[nH]cnc21. The van der Waals surface area contributed by atoms with Crippen molar-refractivity contribution in [2.24, 2.45) is 5.73 Å². The van der Waals surface area contributed by atoms with E-state index in [1.54, 1.807) is 6.33 Å². The van der Waals surface area contributed by atoms with E-state index in [0.717, 1.165) is 23.5 Å². The molecule has 2 rings (SSSR count). The first kappa shape index (κ1) is 4.61. The molecule has 1 aromatic heterocycles. The average Bonchev–Trinajstić information content (AvgIpc) is 2.35. The Morgan fingerprint density at radius 1 is 1.67 bits per heavy atom. The Hall–Kier alpha value is -1.25. The van der Waals surface area contributed by atoms with Crippen LogP contribution in [0.25, 0.3) is 5.70 Å². The van der Waals surface area contributed by atoms with Crippen molar-refractivity contribution in [2.75, 3.05) is 0 Å². The zero-order chi connectivity index (χ0) is 6.27. The van der Waals surface area contributed by atoms with Gasteiger partial charge in [0, 0.05) is 12.1 Å². The van der Waals surface area contributed by atoms with Gasteiger partial charge in [0.1, 0.15) is 5.69 Å². The van der Waals surface area contributed by atoms with Crippen LogP contribution in [0.4, 0.5) is 0 Å². The molecule has 0 aliphatic heterocycles. The van der Waals surface area contributed by atoms with Crippen molar-refractivity contribution in [1.82, 2.24) is 9.97 Å². The fraction of sp³-hybridized carbons (Fsp3) is 0.167. The van der Waals surface area contributed by atoms with E-state index < -0.39 is 0 Å². The molecule has 9 heavy (non-hydrogen) atoms. The minimum Gasteiger partial charge on any atom is -0.397 e. The molecule has 0 spiro atoms. The first-order valence-electron chi connectivity index (χ1n) is 2.86. The molecular weight excluding hydrogens is 114 g/mol. The minimum absolute atomic E-state index is 0.797. The Labute approximate surface area is 52.6 Å². The van der Waals surface area contributed by atoms with Gasteiger partial charge in [-0.15, -0.1) is 0 Å². The number of aromatic nitrogens is 2. The highest BCUT2D eigenvalue weighted by molar-refractivity contribution is 5.65. The Kier molecular flexibility index (Phi) is 0.704. The predicted molar refractivity (Wildman–Crippen MR) is 34.5 cm³/mol. The van der Waals surface area contributed by atoms with Crippen molar-refractivity contribution in [2.45, 2.75) is 6.42 Å². The van der Waals surface area contributed by atoms with E-state index in [-0.39, 0.29) is 0 Å². The third-order valence-corrected chi connectivity index (χ3v) is 1.52. The molecular formula is C6H7N3. The van der Waals surface area contributed by atoms with Crippen LogP contribution in [0.2, 0.25) is 0 Å². The molecule has 0 radical (unpaired) electrons. The topological polar surface area (TPSA) is 54.7 Å². The van der Waals surface area contributed by atoms with Crippen LogP contribution in [0.3, 0.4) is 0 Å². The summed E-state index contributed by atoms with van der Waals surface area (Å²) in [6, 6.07) is 0. The van der Waals surface area contributed by atoms with E-state index in [2.05, 4.69) is 9.97 Å². The van der Waals surface area contributed by atoms with Gasteiger partial charge in [-0.2, -0.15) is 0 Å². The monoisotopic (exact) mass is 121 g/mol. The van der Waals surface area contributed by atoms with E-state index in [0.29, 0.717) is 0 Å². The lowest BCUT2D eigenvalue weighted by Crippen LogP contribution is -1.92. The van der Waals surface area contributed by atoms with Crippen LogP contribution in [-0.2, 0) is 6.42 Å². The molecule has 1 aliphatic rings. The van der Waals surface area contributed by atoms with Crippen molar-refractivity contribution in [3.8, 4) is 0 Å². The number of H-pyrrole nitrogens is 1. The van der Waals surface area contributed by atoms with Crippen molar-refractivity contribution in [1.29, 1.82) is 0 Å². The Morgan fingerprint density at radius 2 is 2.56 bits per heavy atom. The number of fused-ring (bicyclic) bond motifs is 1. The molecule has 0 unspecified atom stereocenters. The summed E-state index contributed by atoms with van der Waals surface area (Å²) in [4.78, 5) is 7.03. The van der Waals surface area contributed by atoms with Crippen LogP contribution in [0.5, 0.6) is 0 Å². The molecule has 46 valence electrons. The van der Waals surface area contributed by atoms with E-state index in [9.17, 15) is 0 Å². The lowest BCUT2D eigenvalue weighted by atomic mass is 10.3. The van der Waals surface area contributed by atoms with E-state index in [4.69, 9.17) is 5.73 Å². The molecule has 0 fully saturated rings. The maximum Gasteiger partial charge on any atom is 0.107 e. The van der Waals surface area contributed by atoms with Gasteiger partial charge in [-0.1, -0.05) is 6.08 Å². The molecule has 3 nitrogen and oxygen atoms in total. The second kappa shape index (κ2) is 1.37. The van der Waals surface area contributed by atoms with Crippen molar-refractivity contribution >= 4 is 5.70 Å². The number of rotatable bonds is 0. The quantitative estimate of drug-likeness (QED) is 0.517. The van der Waals surface area contributed by atoms with Crippen molar-refractivity contribution in [3.63, 3.8) is 0 Å². The summed E-state index contributed by atoms with van der Waals surface area (Å²) in [6.45, 7) is 0. The number of hydrogen-bond donors (Lipinski definition) is 2. The number of allylic oxidation sites excluding steroid dienone is 1. The van der Waals surface area contributed by atoms with Crippen molar-refractivity contribution < 1.29 is 0 Å². The van der Waals surface area contributed by atoms with E-state index in [1.165, 1.54) is 0 Å². The summed E-state index contributed by atoms with van der Waals surface area (Å²) in [5.74, 6) is 0. The molecule has 1 aromatic rings. The van der Waals surface area contributed by atoms with Gasteiger partial charge in [0.25, 0.3) is 0 Å². The number of nitrogens with zero attached hydrogens (tertiary/aromatic N) is 1. The summed E-state index contributed by atoms with van der Waals surface area (Å²) >= 11 is 0. The average molecular weight is 121 g/mol. The van der Waals surface area contributed by atoms with Gasteiger partial charge in [0.15, 0.2) is 0 Å². The summed E-state index contributed by atoms with van der Waals surface area (Å²) < 4.78 is 0. The van der Waals surface area contributed by atoms with Crippen LogP contribution in [0.15, 0.2) is 12.4 Å². The minimum atomic E-state index is 0.797. The maximum absolute atomic E-state index is 5.57. The second-order valence-corrected chi connectivity index (χ2v) is 2.09. The van der Waals surface area contributed by atoms with Gasteiger partial charge in [-0.25, -0.2) is 4.98 Å². The van der Waals surface area contributed by atoms with Crippen molar-refractivity contribution in [3.05, 3.63) is 23.8 Å². The number of aromatic amines is 1. The van der Waals surface area contributed by atoms with Crippen LogP contribution in [0, 0.1) is 0 Å². The number of nitrogens with two attached hydrogens (primary N) is 1. The molecule has 3 heteroatoms. The molecule has 0 amide bonds. The summed E-state index contributed by atoms with van der Waals surface area (Å²) in [7, 11) is 0. The summed E-state index contributed by atoms with van der Waals surface area (Å²) in [6.07, 6.45) is 4.54. The van der Waals surface area contributed by atoms with Gasteiger partial charge in [0.05, 0.1) is 12.0 Å².